The zero-order valence-corrected chi connectivity index (χ0v) is 13.6. The highest BCUT2D eigenvalue weighted by Crippen LogP contribution is 2.37. The first-order chi connectivity index (χ1) is 10.8. The minimum Gasteiger partial charge on any atom is -0.504 e. The van der Waals surface area contributed by atoms with Crippen LogP contribution in [0.4, 0.5) is 0 Å². The molecule has 0 aromatic heterocycles. The molecular weight excluding hydrogens is 272 g/mol. The molecule has 1 N–H and O–H groups in total. The average molecular weight is 298 g/mol. The highest BCUT2D eigenvalue weighted by molar-refractivity contribution is 5.52. The first-order valence-corrected chi connectivity index (χ1v) is 8.32. The van der Waals surface area contributed by atoms with E-state index in [4.69, 9.17) is 4.74 Å². The molecule has 0 saturated carbocycles. The van der Waals surface area contributed by atoms with Crippen molar-refractivity contribution in [1.82, 2.24) is 0 Å². The number of hydrogen-bond donors (Lipinski definition) is 1. The van der Waals surface area contributed by atoms with Crippen LogP contribution in [0.2, 0.25) is 0 Å². The third-order valence-corrected chi connectivity index (χ3v) is 3.96. The van der Waals surface area contributed by atoms with Gasteiger partial charge >= 0.3 is 0 Å². The number of phenols is 1. The minimum atomic E-state index is 0.228. The van der Waals surface area contributed by atoms with Crippen LogP contribution in [-0.4, -0.2) is 5.11 Å². The smallest absolute Gasteiger partial charge is 0.172 e. The van der Waals surface area contributed by atoms with E-state index >= 15 is 0 Å². The van der Waals surface area contributed by atoms with Gasteiger partial charge in [0.05, 0.1) is 0 Å². The number of benzene rings is 2. The number of phenolic OH excluding ortho intramolecular Hbond substituents is 1. The number of ether oxygens (including phenoxy) is 1. The summed E-state index contributed by atoms with van der Waals surface area (Å²) in [7, 11) is 0. The lowest BCUT2D eigenvalue weighted by Crippen LogP contribution is -1.98. The van der Waals surface area contributed by atoms with E-state index in [1.54, 1.807) is 6.07 Å². The fourth-order valence-electron chi connectivity index (χ4n) is 2.71. The van der Waals surface area contributed by atoms with Crippen LogP contribution >= 0.6 is 0 Å². The molecule has 0 bridgehead atoms. The summed E-state index contributed by atoms with van der Waals surface area (Å²) in [5.74, 6) is 1.62. The molecule has 0 spiro atoms. The summed E-state index contributed by atoms with van der Waals surface area (Å²) < 4.78 is 5.99. The molecule has 0 atom stereocenters. The van der Waals surface area contributed by atoms with Crippen LogP contribution in [-0.2, 0) is 12.8 Å². The van der Waals surface area contributed by atoms with Gasteiger partial charge in [-0.2, -0.15) is 0 Å². The van der Waals surface area contributed by atoms with Crippen LogP contribution in [0.5, 0.6) is 17.2 Å². The zero-order chi connectivity index (χ0) is 15.8. The zero-order valence-electron chi connectivity index (χ0n) is 13.6. The molecule has 22 heavy (non-hydrogen) atoms. The summed E-state index contributed by atoms with van der Waals surface area (Å²) >= 11 is 0. The van der Waals surface area contributed by atoms with Gasteiger partial charge in [0, 0.05) is 5.56 Å². The van der Waals surface area contributed by atoms with Crippen molar-refractivity contribution in [3.8, 4) is 17.2 Å². The molecular formula is C20H26O2. The first-order valence-electron chi connectivity index (χ1n) is 8.32. The average Bonchev–Trinajstić information content (AvgIpc) is 2.55. The molecule has 2 aromatic rings. The van der Waals surface area contributed by atoms with Crippen LogP contribution in [0.15, 0.2) is 42.5 Å². The minimum absolute atomic E-state index is 0.228. The molecule has 2 heteroatoms. The number of rotatable bonds is 8. The predicted molar refractivity (Wildman–Crippen MR) is 91.8 cm³/mol. The summed E-state index contributed by atoms with van der Waals surface area (Å²) in [6.45, 7) is 4.37. The Morgan fingerprint density at radius 2 is 1.68 bits per heavy atom. The lowest BCUT2D eigenvalue weighted by atomic mass is 9.97. The van der Waals surface area contributed by atoms with Crippen molar-refractivity contribution in [3.05, 3.63) is 53.6 Å². The molecule has 0 heterocycles. The van der Waals surface area contributed by atoms with E-state index in [2.05, 4.69) is 13.8 Å². The van der Waals surface area contributed by atoms with Crippen molar-refractivity contribution in [2.75, 3.05) is 0 Å². The summed E-state index contributed by atoms with van der Waals surface area (Å²) in [6.07, 6.45) is 6.76. The van der Waals surface area contributed by atoms with Crippen LogP contribution in [0.3, 0.4) is 0 Å². The van der Waals surface area contributed by atoms with E-state index in [0.717, 1.165) is 30.6 Å². The number of hydrogen-bond acceptors (Lipinski definition) is 2. The Labute approximate surface area is 133 Å². The number of para-hydroxylation sites is 1. The third kappa shape index (κ3) is 4.27. The van der Waals surface area contributed by atoms with Gasteiger partial charge in [-0.1, -0.05) is 57.4 Å². The molecule has 0 aliphatic rings. The van der Waals surface area contributed by atoms with E-state index in [1.807, 2.05) is 36.4 Å². The van der Waals surface area contributed by atoms with Gasteiger partial charge in [0.1, 0.15) is 5.75 Å². The molecule has 0 saturated heterocycles. The van der Waals surface area contributed by atoms with Crippen LogP contribution in [0.1, 0.15) is 50.7 Å². The topological polar surface area (TPSA) is 29.5 Å². The summed E-state index contributed by atoms with van der Waals surface area (Å²) in [5.41, 5.74) is 2.42. The molecule has 0 aliphatic heterocycles. The quantitative estimate of drug-likeness (QED) is 0.617. The molecule has 2 nitrogen and oxygen atoms in total. The second-order valence-corrected chi connectivity index (χ2v) is 5.63. The van der Waals surface area contributed by atoms with Crippen molar-refractivity contribution in [2.24, 2.45) is 0 Å². The van der Waals surface area contributed by atoms with Gasteiger partial charge < -0.3 is 9.84 Å². The standard InChI is InChI=1S/C20H26O2/c1-3-5-6-10-13-18-16(4-2)14-15-19(21)20(18)22-17-11-8-7-9-12-17/h7-9,11-12,14-15,21H,3-6,10,13H2,1-2H3. The van der Waals surface area contributed by atoms with Crippen molar-refractivity contribution < 1.29 is 9.84 Å². The molecule has 0 radical (unpaired) electrons. The highest BCUT2D eigenvalue weighted by atomic mass is 16.5. The van der Waals surface area contributed by atoms with Gasteiger partial charge in [0.15, 0.2) is 11.5 Å². The summed E-state index contributed by atoms with van der Waals surface area (Å²) in [4.78, 5) is 0. The Kier molecular flexibility index (Phi) is 6.32. The lowest BCUT2D eigenvalue weighted by Gasteiger charge is -2.16. The van der Waals surface area contributed by atoms with Crippen LogP contribution < -0.4 is 4.74 Å². The summed E-state index contributed by atoms with van der Waals surface area (Å²) in [6, 6.07) is 13.4. The Morgan fingerprint density at radius 1 is 0.909 bits per heavy atom. The molecule has 0 aliphatic carbocycles. The largest absolute Gasteiger partial charge is 0.504 e. The van der Waals surface area contributed by atoms with E-state index in [1.165, 1.54) is 24.8 Å². The number of unbranched alkanes of at least 4 members (excludes halogenated alkanes) is 3. The fraction of sp³-hybridized carbons (Fsp3) is 0.400. The second kappa shape index (κ2) is 8.47. The normalized spacial score (nSPS) is 10.6. The maximum atomic E-state index is 10.3. The molecule has 2 aromatic carbocycles. The van der Waals surface area contributed by atoms with Crippen LogP contribution in [0, 0.1) is 0 Å². The van der Waals surface area contributed by atoms with Gasteiger partial charge in [0.25, 0.3) is 0 Å². The molecule has 0 amide bonds. The van der Waals surface area contributed by atoms with Gasteiger partial charge in [-0.15, -0.1) is 0 Å². The van der Waals surface area contributed by atoms with Crippen molar-refractivity contribution in [2.45, 2.75) is 52.4 Å². The van der Waals surface area contributed by atoms with Gasteiger partial charge in [-0.25, -0.2) is 0 Å². The Hall–Kier alpha value is -1.96. The predicted octanol–water partition coefficient (Wildman–Crippen LogP) is 5.87. The Morgan fingerprint density at radius 3 is 2.36 bits per heavy atom. The van der Waals surface area contributed by atoms with Crippen molar-refractivity contribution in [1.29, 1.82) is 0 Å². The number of aryl methyl sites for hydroxylation is 1. The molecule has 2 rings (SSSR count). The first kappa shape index (κ1) is 16.4. The van der Waals surface area contributed by atoms with E-state index in [-0.39, 0.29) is 5.75 Å². The molecule has 118 valence electrons. The van der Waals surface area contributed by atoms with Gasteiger partial charge in [0.2, 0.25) is 0 Å². The SMILES string of the molecule is CCCCCCc1c(CC)ccc(O)c1Oc1ccccc1. The van der Waals surface area contributed by atoms with E-state index < -0.39 is 0 Å². The fourth-order valence-corrected chi connectivity index (χ4v) is 2.71. The van der Waals surface area contributed by atoms with Crippen molar-refractivity contribution >= 4 is 0 Å². The Bertz CT molecular complexity index is 576. The molecule has 0 unspecified atom stereocenters. The number of aromatic hydroxyl groups is 1. The molecule has 0 fully saturated rings. The third-order valence-electron chi connectivity index (χ3n) is 3.96. The van der Waals surface area contributed by atoms with E-state index in [0.29, 0.717) is 5.75 Å². The maximum absolute atomic E-state index is 10.3. The Balaban J connectivity index is 2.25. The summed E-state index contributed by atoms with van der Waals surface area (Å²) in [5, 5.41) is 10.3. The van der Waals surface area contributed by atoms with E-state index in [9.17, 15) is 5.11 Å². The van der Waals surface area contributed by atoms with Gasteiger partial charge in [-0.3, -0.25) is 0 Å². The van der Waals surface area contributed by atoms with Gasteiger partial charge in [-0.05, 0) is 43.0 Å². The maximum Gasteiger partial charge on any atom is 0.172 e. The lowest BCUT2D eigenvalue weighted by molar-refractivity contribution is 0.406. The monoisotopic (exact) mass is 298 g/mol. The second-order valence-electron chi connectivity index (χ2n) is 5.63. The van der Waals surface area contributed by atoms with Crippen LogP contribution in [0.25, 0.3) is 0 Å². The highest BCUT2D eigenvalue weighted by Gasteiger charge is 2.14. The van der Waals surface area contributed by atoms with Crippen molar-refractivity contribution in [3.63, 3.8) is 0 Å².